The third-order valence-electron chi connectivity index (χ3n) is 5.27. The molecule has 10 heteroatoms. The molecule has 2 aromatic rings. The molecule has 2 amide bonds. The van der Waals surface area contributed by atoms with Gasteiger partial charge >= 0.3 is 0 Å². The monoisotopic (exact) mass is 493 g/mol. The number of amides is 2. The van der Waals surface area contributed by atoms with Crippen molar-refractivity contribution in [2.45, 2.75) is 39.3 Å². The van der Waals surface area contributed by atoms with Crippen LogP contribution in [0.4, 0.5) is 10.1 Å². The van der Waals surface area contributed by atoms with E-state index < -0.39 is 21.9 Å². The van der Waals surface area contributed by atoms with Crippen LogP contribution in [0.2, 0.25) is 0 Å². The van der Waals surface area contributed by atoms with Gasteiger partial charge < -0.3 is 15.0 Å². The number of benzene rings is 2. The lowest BCUT2D eigenvalue weighted by atomic mass is 10.1. The molecular formula is C24H32FN3O5S. The fourth-order valence-electron chi connectivity index (χ4n) is 3.48. The standard InChI is InChI=1S/C24H32FN3O5S/c1-5-26-24(30)18(2)27(17-19-8-6-9-22(16-19)33-3)23(29)10-7-15-28(34(4,31)32)21-13-11-20(25)12-14-21/h6,8-9,11-14,16,18H,5,7,10,15,17H2,1-4H3,(H,26,30)/t18-/m0/s1. The number of nitrogens with one attached hydrogen (secondary N) is 1. The van der Waals surface area contributed by atoms with E-state index in [-0.39, 0.29) is 37.7 Å². The quantitative estimate of drug-likeness (QED) is 0.491. The predicted molar refractivity (Wildman–Crippen MR) is 130 cm³/mol. The highest BCUT2D eigenvalue weighted by Gasteiger charge is 2.26. The Morgan fingerprint density at radius 2 is 1.82 bits per heavy atom. The molecule has 34 heavy (non-hydrogen) atoms. The topological polar surface area (TPSA) is 96.0 Å². The highest BCUT2D eigenvalue weighted by Crippen LogP contribution is 2.20. The number of carbonyl (C=O) groups excluding carboxylic acids is 2. The minimum absolute atomic E-state index is 0.0287. The Hall–Kier alpha value is -3.14. The first-order valence-corrected chi connectivity index (χ1v) is 12.8. The Morgan fingerprint density at radius 1 is 1.15 bits per heavy atom. The van der Waals surface area contributed by atoms with Crippen LogP contribution < -0.4 is 14.4 Å². The maximum atomic E-state index is 13.3. The van der Waals surface area contributed by atoms with E-state index in [0.29, 0.717) is 18.0 Å². The van der Waals surface area contributed by atoms with Gasteiger partial charge in [-0.1, -0.05) is 12.1 Å². The number of ether oxygens (including phenoxy) is 1. The molecule has 0 heterocycles. The zero-order valence-corrected chi connectivity index (χ0v) is 20.8. The molecule has 2 aromatic carbocycles. The number of anilines is 1. The lowest BCUT2D eigenvalue weighted by Gasteiger charge is -2.29. The molecule has 0 aliphatic carbocycles. The summed E-state index contributed by atoms with van der Waals surface area (Å²) in [5.74, 6) is -0.393. The second-order valence-electron chi connectivity index (χ2n) is 7.86. The van der Waals surface area contributed by atoms with Crippen molar-refractivity contribution in [3.8, 4) is 5.75 Å². The average molecular weight is 494 g/mol. The Labute approximate surface area is 200 Å². The van der Waals surface area contributed by atoms with E-state index in [2.05, 4.69) is 5.32 Å². The van der Waals surface area contributed by atoms with Gasteiger partial charge in [-0.25, -0.2) is 12.8 Å². The molecule has 0 saturated carbocycles. The third-order valence-corrected chi connectivity index (χ3v) is 6.47. The van der Waals surface area contributed by atoms with Crippen molar-refractivity contribution < 1.29 is 27.1 Å². The molecule has 0 unspecified atom stereocenters. The van der Waals surface area contributed by atoms with Gasteiger partial charge in [-0.15, -0.1) is 0 Å². The number of methoxy groups -OCH3 is 1. The number of nitrogens with zero attached hydrogens (tertiary/aromatic N) is 2. The molecule has 1 atom stereocenters. The summed E-state index contributed by atoms with van der Waals surface area (Å²) in [4.78, 5) is 27.1. The van der Waals surface area contributed by atoms with Gasteiger partial charge in [0.1, 0.15) is 17.6 Å². The van der Waals surface area contributed by atoms with Gasteiger partial charge in [0, 0.05) is 26.1 Å². The van der Waals surface area contributed by atoms with E-state index in [4.69, 9.17) is 4.74 Å². The fourth-order valence-corrected chi connectivity index (χ4v) is 4.45. The summed E-state index contributed by atoms with van der Waals surface area (Å²) < 4.78 is 44.2. The Balaban J connectivity index is 2.16. The lowest BCUT2D eigenvalue weighted by molar-refractivity contribution is -0.140. The zero-order chi connectivity index (χ0) is 25.3. The molecule has 8 nitrogen and oxygen atoms in total. The SMILES string of the molecule is CCNC(=O)[C@H](C)N(Cc1cccc(OC)c1)C(=O)CCCN(c1ccc(F)cc1)S(C)(=O)=O. The summed E-state index contributed by atoms with van der Waals surface area (Å²) in [5.41, 5.74) is 1.12. The number of hydrogen-bond acceptors (Lipinski definition) is 5. The number of hydrogen-bond donors (Lipinski definition) is 1. The molecule has 0 saturated heterocycles. The second-order valence-corrected chi connectivity index (χ2v) is 9.77. The summed E-state index contributed by atoms with van der Waals surface area (Å²) in [6, 6.07) is 11.6. The number of halogens is 1. The van der Waals surface area contributed by atoms with Crippen LogP contribution in [-0.2, 0) is 26.2 Å². The molecule has 0 fully saturated rings. The molecule has 0 spiro atoms. The van der Waals surface area contributed by atoms with Crippen molar-refractivity contribution in [1.29, 1.82) is 0 Å². The van der Waals surface area contributed by atoms with Gasteiger partial charge in [0.25, 0.3) is 0 Å². The van der Waals surface area contributed by atoms with Gasteiger partial charge in [0.2, 0.25) is 21.8 Å². The van der Waals surface area contributed by atoms with Crippen LogP contribution in [0.3, 0.4) is 0 Å². The van der Waals surface area contributed by atoms with Crippen molar-refractivity contribution in [2.75, 3.05) is 30.8 Å². The number of sulfonamides is 1. The average Bonchev–Trinajstić information content (AvgIpc) is 2.80. The van der Waals surface area contributed by atoms with Gasteiger partial charge in [0.15, 0.2) is 0 Å². The molecule has 1 N–H and O–H groups in total. The summed E-state index contributed by atoms with van der Waals surface area (Å²) in [6.07, 6.45) is 1.31. The molecule has 0 radical (unpaired) electrons. The Morgan fingerprint density at radius 3 is 2.41 bits per heavy atom. The first-order valence-electron chi connectivity index (χ1n) is 11.0. The largest absolute Gasteiger partial charge is 0.497 e. The second kappa shape index (κ2) is 12.4. The Kier molecular flexibility index (Phi) is 9.85. The minimum Gasteiger partial charge on any atom is -0.497 e. The van der Waals surface area contributed by atoms with Crippen molar-refractivity contribution >= 4 is 27.5 Å². The molecule has 0 bridgehead atoms. The van der Waals surface area contributed by atoms with Crippen LogP contribution >= 0.6 is 0 Å². The van der Waals surface area contributed by atoms with Crippen molar-refractivity contribution in [3.05, 3.63) is 59.9 Å². The molecule has 0 aliphatic rings. The number of rotatable bonds is 12. The van der Waals surface area contributed by atoms with E-state index in [0.717, 1.165) is 16.1 Å². The first-order chi connectivity index (χ1) is 16.1. The van der Waals surface area contributed by atoms with Gasteiger partial charge in [-0.3, -0.25) is 13.9 Å². The summed E-state index contributed by atoms with van der Waals surface area (Å²) in [5, 5.41) is 2.73. The van der Waals surface area contributed by atoms with Crippen LogP contribution in [0.15, 0.2) is 48.5 Å². The normalized spacial score (nSPS) is 12.0. The van der Waals surface area contributed by atoms with Crippen molar-refractivity contribution in [3.63, 3.8) is 0 Å². The van der Waals surface area contributed by atoms with E-state index in [1.807, 2.05) is 6.07 Å². The molecule has 0 aromatic heterocycles. The van der Waals surface area contributed by atoms with Gasteiger partial charge in [-0.05, 0) is 62.2 Å². The van der Waals surface area contributed by atoms with E-state index in [1.165, 1.54) is 29.2 Å². The van der Waals surface area contributed by atoms with Gasteiger partial charge in [0.05, 0.1) is 19.1 Å². The highest BCUT2D eigenvalue weighted by atomic mass is 32.2. The van der Waals surface area contributed by atoms with Crippen molar-refractivity contribution in [1.82, 2.24) is 10.2 Å². The highest BCUT2D eigenvalue weighted by molar-refractivity contribution is 7.92. The smallest absolute Gasteiger partial charge is 0.242 e. The Bertz CT molecular complexity index is 1080. The van der Waals surface area contributed by atoms with Crippen molar-refractivity contribution in [2.24, 2.45) is 0 Å². The third kappa shape index (κ3) is 7.72. The fraction of sp³-hybridized carbons (Fsp3) is 0.417. The lowest BCUT2D eigenvalue weighted by Crippen LogP contribution is -2.47. The van der Waals surface area contributed by atoms with E-state index in [9.17, 15) is 22.4 Å². The first kappa shape index (κ1) is 27.1. The maximum absolute atomic E-state index is 13.3. The molecular weight excluding hydrogens is 461 g/mol. The summed E-state index contributed by atoms with van der Waals surface area (Å²) >= 11 is 0. The van der Waals surface area contributed by atoms with Gasteiger partial charge in [-0.2, -0.15) is 0 Å². The van der Waals surface area contributed by atoms with E-state index in [1.54, 1.807) is 39.2 Å². The summed E-state index contributed by atoms with van der Waals surface area (Å²) in [7, 11) is -2.08. The van der Waals surface area contributed by atoms with Crippen LogP contribution in [0.25, 0.3) is 0 Å². The maximum Gasteiger partial charge on any atom is 0.242 e. The van der Waals surface area contributed by atoms with Crippen LogP contribution in [0.1, 0.15) is 32.3 Å². The number of carbonyl (C=O) groups is 2. The van der Waals surface area contributed by atoms with Crippen LogP contribution in [0, 0.1) is 5.82 Å². The van der Waals surface area contributed by atoms with Crippen LogP contribution in [0.5, 0.6) is 5.75 Å². The predicted octanol–water partition coefficient (Wildman–Crippen LogP) is 2.93. The molecule has 0 aliphatic heterocycles. The molecule has 2 rings (SSSR count). The molecule has 186 valence electrons. The summed E-state index contributed by atoms with van der Waals surface area (Å²) in [6.45, 7) is 4.13. The minimum atomic E-state index is -3.63. The van der Waals surface area contributed by atoms with E-state index >= 15 is 0 Å². The number of likely N-dealkylation sites (N-methyl/N-ethyl adjacent to an activating group) is 1. The van der Waals surface area contributed by atoms with Crippen LogP contribution in [-0.4, -0.2) is 57.6 Å². The zero-order valence-electron chi connectivity index (χ0n) is 20.0.